The van der Waals surface area contributed by atoms with Crippen LogP contribution in [0.3, 0.4) is 0 Å². The van der Waals surface area contributed by atoms with Gasteiger partial charge in [-0.15, -0.1) is 0 Å². The monoisotopic (exact) mass is 205 g/mol. The normalized spacial score (nSPS) is 24.3. The Kier molecular flexibility index (Phi) is 3.39. The van der Waals surface area contributed by atoms with Crippen molar-refractivity contribution in [2.45, 2.75) is 31.4 Å². The number of benzene rings is 1. The smallest absolute Gasteiger partial charge is 0.0805 e. The fourth-order valence-corrected chi connectivity index (χ4v) is 2.35. The highest BCUT2D eigenvalue weighted by Crippen LogP contribution is 2.25. The van der Waals surface area contributed by atoms with Gasteiger partial charge in [-0.3, -0.25) is 0 Å². The summed E-state index contributed by atoms with van der Waals surface area (Å²) in [6.45, 7) is 1.17. The van der Waals surface area contributed by atoms with E-state index in [0.717, 1.165) is 12.0 Å². The minimum Gasteiger partial charge on any atom is -0.388 e. The van der Waals surface area contributed by atoms with Crippen LogP contribution >= 0.6 is 0 Å². The maximum atomic E-state index is 10.1. The highest BCUT2D eigenvalue weighted by atomic mass is 16.3. The van der Waals surface area contributed by atoms with E-state index in [1.165, 1.54) is 19.4 Å². The summed E-state index contributed by atoms with van der Waals surface area (Å²) in [5, 5.41) is 10.1. The SMILES string of the molecule is CN1CCC[C@H]1C[C@@H](O)c1ccccc1. The summed E-state index contributed by atoms with van der Waals surface area (Å²) in [5.74, 6) is 0. The maximum Gasteiger partial charge on any atom is 0.0805 e. The Balaban J connectivity index is 1.95. The van der Waals surface area contributed by atoms with E-state index in [0.29, 0.717) is 6.04 Å². The van der Waals surface area contributed by atoms with Crippen LogP contribution in [0.1, 0.15) is 30.9 Å². The van der Waals surface area contributed by atoms with Gasteiger partial charge in [0.05, 0.1) is 6.10 Å². The molecule has 0 aliphatic carbocycles. The van der Waals surface area contributed by atoms with Gasteiger partial charge in [0.2, 0.25) is 0 Å². The van der Waals surface area contributed by atoms with Gasteiger partial charge in [-0.25, -0.2) is 0 Å². The molecule has 0 bridgehead atoms. The van der Waals surface area contributed by atoms with E-state index in [9.17, 15) is 5.11 Å². The molecule has 1 saturated heterocycles. The van der Waals surface area contributed by atoms with E-state index in [-0.39, 0.29) is 6.10 Å². The first-order chi connectivity index (χ1) is 7.27. The number of aliphatic hydroxyl groups is 1. The van der Waals surface area contributed by atoms with Gasteiger partial charge in [0.25, 0.3) is 0 Å². The molecule has 82 valence electrons. The van der Waals surface area contributed by atoms with Crippen LogP contribution in [0.5, 0.6) is 0 Å². The first-order valence-corrected chi connectivity index (χ1v) is 5.70. The van der Waals surface area contributed by atoms with Crippen LogP contribution in [0.25, 0.3) is 0 Å². The number of hydrogen-bond acceptors (Lipinski definition) is 2. The van der Waals surface area contributed by atoms with Crippen LogP contribution < -0.4 is 0 Å². The standard InChI is InChI=1S/C13H19NO/c1-14-9-5-8-12(14)10-13(15)11-6-3-2-4-7-11/h2-4,6-7,12-13,15H,5,8-10H2,1H3/t12-,13+/m0/s1. The van der Waals surface area contributed by atoms with Crippen LogP contribution in [-0.2, 0) is 0 Å². The number of rotatable bonds is 3. The third kappa shape index (κ3) is 2.58. The Labute approximate surface area is 91.5 Å². The third-order valence-electron chi connectivity index (χ3n) is 3.35. The van der Waals surface area contributed by atoms with Gasteiger partial charge < -0.3 is 10.0 Å². The molecule has 1 N–H and O–H groups in total. The second-order valence-corrected chi connectivity index (χ2v) is 4.44. The quantitative estimate of drug-likeness (QED) is 0.817. The lowest BCUT2D eigenvalue weighted by molar-refractivity contribution is 0.130. The Morgan fingerprint density at radius 3 is 2.73 bits per heavy atom. The molecule has 0 saturated carbocycles. The Morgan fingerprint density at radius 2 is 2.13 bits per heavy atom. The fraction of sp³-hybridized carbons (Fsp3) is 0.538. The topological polar surface area (TPSA) is 23.5 Å². The Morgan fingerprint density at radius 1 is 1.40 bits per heavy atom. The molecule has 0 aromatic heterocycles. The van der Waals surface area contributed by atoms with Crippen LogP contribution in [0.4, 0.5) is 0 Å². The zero-order valence-electron chi connectivity index (χ0n) is 9.26. The summed E-state index contributed by atoms with van der Waals surface area (Å²) in [6.07, 6.45) is 3.04. The van der Waals surface area contributed by atoms with E-state index in [1.807, 2.05) is 30.3 Å². The summed E-state index contributed by atoms with van der Waals surface area (Å²) in [6, 6.07) is 10.5. The molecule has 1 aliphatic heterocycles. The van der Waals surface area contributed by atoms with Crippen molar-refractivity contribution in [3.05, 3.63) is 35.9 Å². The molecule has 1 aliphatic rings. The van der Waals surface area contributed by atoms with Crippen LogP contribution in [0, 0.1) is 0 Å². The summed E-state index contributed by atoms with van der Waals surface area (Å²) in [4.78, 5) is 2.35. The lowest BCUT2D eigenvalue weighted by Crippen LogP contribution is -2.26. The number of aliphatic hydroxyl groups excluding tert-OH is 1. The van der Waals surface area contributed by atoms with Gasteiger partial charge in [0, 0.05) is 6.04 Å². The molecule has 2 rings (SSSR count). The molecule has 0 unspecified atom stereocenters. The molecular weight excluding hydrogens is 186 g/mol. The zero-order valence-corrected chi connectivity index (χ0v) is 9.26. The van der Waals surface area contributed by atoms with E-state index in [2.05, 4.69) is 11.9 Å². The van der Waals surface area contributed by atoms with Crippen molar-refractivity contribution in [2.75, 3.05) is 13.6 Å². The van der Waals surface area contributed by atoms with Crippen molar-refractivity contribution in [1.82, 2.24) is 4.90 Å². The van der Waals surface area contributed by atoms with Gasteiger partial charge in [0.1, 0.15) is 0 Å². The molecule has 0 spiro atoms. The van der Waals surface area contributed by atoms with E-state index >= 15 is 0 Å². The summed E-state index contributed by atoms with van der Waals surface area (Å²) in [7, 11) is 2.15. The third-order valence-corrected chi connectivity index (χ3v) is 3.35. The minimum atomic E-state index is -0.309. The largest absolute Gasteiger partial charge is 0.388 e. The number of hydrogen-bond donors (Lipinski definition) is 1. The highest BCUT2D eigenvalue weighted by molar-refractivity contribution is 5.17. The average molecular weight is 205 g/mol. The van der Waals surface area contributed by atoms with Crippen molar-refractivity contribution in [1.29, 1.82) is 0 Å². The first kappa shape index (κ1) is 10.7. The molecule has 15 heavy (non-hydrogen) atoms. The number of likely N-dealkylation sites (tertiary alicyclic amines) is 1. The van der Waals surface area contributed by atoms with Gasteiger partial charge in [0.15, 0.2) is 0 Å². The zero-order chi connectivity index (χ0) is 10.7. The van der Waals surface area contributed by atoms with Crippen molar-refractivity contribution < 1.29 is 5.11 Å². The summed E-state index contributed by atoms with van der Waals surface area (Å²) < 4.78 is 0. The van der Waals surface area contributed by atoms with Gasteiger partial charge >= 0.3 is 0 Å². The lowest BCUT2D eigenvalue weighted by atomic mass is 10.0. The molecule has 0 radical (unpaired) electrons. The first-order valence-electron chi connectivity index (χ1n) is 5.70. The minimum absolute atomic E-state index is 0.309. The number of nitrogens with zero attached hydrogens (tertiary/aromatic N) is 1. The van der Waals surface area contributed by atoms with E-state index in [1.54, 1.807) is 0 Å². The molecule has 2 heteroatoms. The molecule has 1 fully saturated rings. The summed E-state index contributed by atoms with van der Waals surface area (Å²) in [5.41, 5.74) is 1.04. The second kappa shape index (κ2) is 4.77. The van der Waals surface area contributed by atoms with Crippen molar-refractivity contribution in [2.24, 2.45) is 0 Å². The maximum absolute atomic E-state index is 10.1. The van der Waals surface area contributed by atoms with Crippen LogP contribution in [-0.4, -0.2) is 29.6 Å². The Bertz CT molecular complexity index is 299. The van der Waals surface area contributed by atoms with Crippen LogP contribution in [0.15, 0.2) is 30.3 Å². The van der Waals surface area contributed by atoms with Gasteiger partial charge in [-0.2, -0.15) is 0 Å². The van der Waals surface area contributed by atoms with Crippen molar-refractivity contribution in [3.63, 3.8) is 0 Å². The summed E-state index contributed by atoms with van der Waals surface area (Å²) >= 11 is 0. The molecule has 1 heterocycles. The lowest BCUT2D eigenvalue weighted by Gasteiger charge is -2.22. The fourth-order valence-electron chi connectivity index (χ4n) is 2.35. The van der Waals surface area contributed by atoms with Crippen LogP contribution in [0.2, 0.25) is 0 Å². The molecule has 2 nitrogen and oxygen atoms in total. The average Bonchev–Trinajstić information content (AvgIpc) is 2.66. The molecule has 0 amide bonds. The van der Waals surface area contributed by atoms with Gasteiger partial charge in [-0.1, -0.05) is 30.3 Å². The predicted molar refractivity (Wildman–Crippen MR) is 61.7 cm³/mol. The Hall–Kier alpha value is -0.860. The molecule has 1 aromatic rings. The van der Waals surface area contributed by atoms with E-state index < -0.39 is 0 Å². The molecule has 2 atom stereocenters. The van der Waals surface area contributed by atoms with Gasteiger partial charge in [-0.05, 0) is 38.4 Å². The molecular formula is C13H19NO. The second-order valence-electron chi connectivity index (χ2n) is 4.44. The molecule has 1 aromatic carbocycles. The van der Waals surface area contributed by atoms with E-state index in [4.69, 9.17) is 0 Å². The predicted octanol–water partition coefficient (Wildman–Crippen LogP) is 2.20. The van der Waals surface area contributed by atoms with Crippen molar-refractivity contribution in [3.8, 4) is 0 Å². The van der Waals surface area contributed by atoms with Crippen molar-refractivity contribution >= 4 is 0 Å². The highest BCUT2D eigenvalue weighted by Gasteiger charge is 2.23.